The molecule has 0 aromatic heterocycles. The summed E-state index contributed by atoms with van der Waals surface area (Å²) in [5, 5.41) is 21.9. The maximum Gasteiger partial charge on any atom is 0.122 e. The summed E-state index contributed by atoms with van der Waals surface area (Å²) in [6.07, 6.45) is 39.6. The van der Waals surface area contributed by atoms with E-state index < -0.39 is 17.8 Å². The van der Waals surface area contributed by atoms with Gasteiger partial charge >= 0.3 is 0 Å². The van der Waals surface area contributed by atoms with E-state index in [1.165, 1.54) is 152 Å². The Kier molecular flexibility index (Phi) is 30.5. The normalized spacial score (nSPS) is 13.6. The van der Waals surface area contributed by atoms with Crippen LogP contribution in [0.5, 0.6) is 23.0 Å². The molecule has 3 unspecified atom stereocenters. The van der Waals surface area contributed by atoms with Crippen molar-refractivity contribution in [2.45, 2.75) is 232 Å². The maximum atomic E-state index is 11.1. The number of rotatable bonds is 42. The molecule has 0 amide bonds. The summed E-state index contributed by atoms with van der Waals surface area (Å²) in [5.41, 5.74) is 4.06. The monoisotopic (exact) mass is 1000 g/mol. The van der Waals surface area contributed by atoms with E-state index in [2.05, 4.69) is 120 Å². The van der Waals surface area contributed by atoms with Crippen molar-refractivity contribution >= 4 is 0 Å². The van der Waals surface area contributed by atoms with E-state index in [1.807, 2.05) is 42.5 Å². The smallest absolute Gasteiger partial charge is 0.122 e. The van der Waals surface area contributed by atoms with Gasteiger partial charge < -0.3 is 29.2 Å². The van der Waals surface area contributed by atoms with Crippen molar-refractivity contribution in [3.05, 3.63) is 144 Å². The first-order chi connectivity index (χ1) is 35.5. The summed E-state index contributed by atoms with van der Waals surface area (Å²) < 4.78 is 24.7. The summed E-state index contributed by atoms with van der Waals surface area (Å²) in [4.78, 5) is 0. The molecule has 0 aliphatic heterocycles. The van der Waals surface area contributed by atoms with Crippen molar-refractivity contribution in [3.8, 4) is 23.0 Å². The van der Waals surface area contributed by atoms with Gasteiger partial charge in [-0.1, -0.05) is 197 Å². The van der Waals surface area contributed by atoms with Crippen LogP contribution in [-0.4, -0.2) is 47.8 Å². The number of benzene rings is 4. The molecular formula is C67H100O6. The second-order valence-corrected chi connectivity index (χ2v) is 21.6. The fourth-order valence-electron chi connectivity index (χ4n) is 9.45. The average Bonchev–Trinajstić information content (AvgIpc) is 3.40. The minimum absolute atomic E-state index is 0.145. The molecule has 0 bridgehead atoms. The lowest BCUT2D eigenvalue weighted by Crippen LogP contribution is -2.37. The quantitative estimate of drug-likeness (QED) is 0.0340. The SMILES string of the molecule is CCCC/C=C/CCCCCCCCCc1cccc(OCC(O)COc2ccc(C(C)(C)c3ccc(OC(C)(CC)CC(O)COc4cccc(CCCCCCCCC/C=C/CCCC)c4)cc3)cc2)c1. The van der Waals surface area contributed by atoms with Gasteiger partial charge in [0.1, 0.15) is 54.5 Å². The van der Waals surface area contributed by atoms with Gasteiger partial charge in [-0.05, 0) is 148 Å². The van der Waals surface area contributed by atoms with Gasteiger partial charge in [-0.3, -0.25) is 0 Å². The van der Waals surface area contributed by atoms with E-state index in [-0.39, 0.29) is 25.2 Å². The summed E-state index contributed by atoms with van der Waals surface area (Å²) in [7, 11) is 0. The van der Waals surface area contributed by atoms with E-state index in [9.17, 15) is 10.2 Å². The van der Waals surface area contributed by atoms with Gasteiger partial charge in [0, 0.05) is 11.8 Å². The minimum atomic E-state index is -0.756. The molecule has 3 atom stereocenters. The van der Waals surface area contributed by atoms with Crippen LogP contribution in [0.15, 0.2) is 121 Å². The number of unbranched alkanes of at least 4 members (excludes halogenated alkanes) is 18. The molecule has 6 nitrogen and oxygen atoms in total. The number of aliphatic hydroxyl groups excluding tert-OH is 2. The molecule has 0 saturated carbocycles. The predicted molar refractivity (Wildman–Crippen MR) is 309 cm³/mol. The molecule has 0 radical (unpaired) electrons. The van der Waals surface area contributed by atoms with Gasteiger partial charge in [0.15, 0.2) is 0 Å². The summed E-state index contributed by atoms with van der Waals surface area (Å²) in [5.74, 6) is 3.08. The second kappa shape index (κ2) is 36.4. The molecule has 6 heteroatoms. The van der Waals surface area contributed by atoms with Gasteiger partial charge in [0.25, 0.3) is 0 Å². The molecule has 2 N–H and O–H groups in total. The minimum Gasteiger partial charge on any atom is -0.491 e. The molecule has 4 rings (SSSR count). The Morgan fingerprint density at radius 1 is 0.425 bits per heavy atom. The van der Waals surface area contributed by atoms with E-state index in [4.69, 9.17) is 18.9 Å². The predicted octanol–water partition coefficient (Wildman–Crippen LogP) is 18.0. The van der Waals surface area contributed by atoms with Crippen LogP contribution in [0, 0.1) is 0 Å². The third-order valence-corrected chi connectivity index (χ3v) is 14.5. The Morgan fingerprint density at radius 3 is 1.25 bits per heavy atom. The molecule has 4 aromatic carbocycles. The first-order valence-electron chi connectivity index (χ1n) is 29.2. The van der Waals surface area contributed by atoms with Gasteiger partial charge in [-0.15, -0.1) is 0 Å². The molecule has 0 spiro atoms. The Morgan fingerprint density at radius 2 is 0.808 bits per heavy atom. The van der Waals surface area contributed by atoms with Crippen LogP contribution in [0.3, 0.4) is 0 Å². The van der Waals surface area contributed by atoms with Crippen molar-refractivity contribution in [3.63, 3.8) is 0 Å². The average molecular weight is 1000 g/mol. The molecular weight excluding hydrogens is 901 g/mol. The third kappa shape index (κ3) is 26.0. The van der Waals surface area contributed by atoms with E-state index in [0.717, 1.165) is 47.6 Å². The highest BCUT2D eigenvalue weighted by molar-refractivity contribution is 5.42. The van der Waals surface area contributed by atoms with Gasteiger partial charge in [-0.2, -0.15) is 0 Å². The van der Waals surface area contributed by atoms with Crippen LogP contribution >= 0.6 is 0 Å². The van der Waals surface area contributed by atoms with Crippen LogP contribution in [0.25, 0.3) is 0 Å². The molecule has 4 aromatic rings. The van der Waals surface area contributed by atoms with Crippen LogP contribution in [0.2, 0.25) is 0 Å². The molecule has 0 saturated heterocycles. The zero-order valence-corrected chi connectivity index (χ0v) is 46.7. The lowest BCUT2D eigenvalue weighted by Gasteiger charge is -2.32. The zero-order chi connectivity index (χ0) is 52.3. The van der Waals surface area contributed by atoms with E-state index in [0.29, 0.717) is 12.2 Å². The summed E-state index contributed by atoms with van der Waals surface area (Å²) in [6, 6.07) is 33.1. The topological polar surface area (TPSA) is 77.4 Å². The maximum absolute atomic E-state index is 11.1. The molecule has 404 valence electrons. The van der Waals surface area contributed by atoms with Crippen LogP contribution in [0.1, 0.15) is 218 Å². The number of hydrogen-bond acceptors (Lipinski definition) is 6. The first-order valence-corrected chi connectivity index (χ1v) is 29.2. The largest absolute Gasteiger partial charge is 0.491 e. The van der Waals surface area contributed by atoms with Crippen molar-refractivity contribution in [2.24, 2.45) is 0 Å². The number of aryl methyl sites for hydroxylation is 2. The molecule has 0 aliphatic rings. The van der Waals surface area contributed by atoms with Gasteiger partial charge in [0.05, 0.1) is 6.10 Å². The van der Waals surface area contributed by atoms with Crippen molar-refractivity contribution in [1.82, 2.24) is 0 Å². The Balaban J connectivity index is 1.10. The van der Waals surface area contributed by atoms with Crippen molar-refractivity contribution in [1.29, 1.82) is 0 Å². The number of aliphatic hydroxyl groups is 2. The van der Waals surface area contributed by atoms with Crippen LogP contribution < -0.4 is 18.9 Å². The Labute approximate surface area is 445 Å². The van der Waals surface area contributed by atoms with Crippen molar-refractivity contribution in [2.75, 3.05) is 19.8 Å². The fraction of sp³-hybridized carbons (Fsp3) is 0.582. The lowest BCUT2D eigenvalue weighted by atomic mass is 9.78. The summed E-state index contributed by atoms with van der Waals surface area (Å²) in [6.45, 7) is 13.6. The molecule has 73 heavy (non-hydrogen) atoms. The molecule has 0 aliphatic carbocycles. The number of allylic oxidation sites excluding steroid dienone is 4. The van der Waals surface area contributed by atoms with Crippen molar-refractivity contribution < 1.29 is 29.2 Å². The second-order valence-electron chi connectivity index (χ2n) is 21.6. The zero-order valence-electron chi connectivity index (χ0n) is 46.7. The Bertz CT molecular complexity index is 2050. The van der Waals surface area contributed by atoms with Gasteiger partial charge in [-0.25, -0.2) is 0 Å². The van der Waals surface area contributed by atoms with Crippen LogP contribution in [0.4, 0.5) is 0 Å². The summed E-state index contributed by atoms with van der Waals surface area (Å²) >= 11 is 0. The fourth-order valence-corrected chi connectivity index (χ4v) is 9.45. The highest BCUT2D eigenvalue weighted by atomic mass is 16.5. The van der Waals surface area contributed by atoms with Crippen LogP contribution in [-0.2, 0) is 18.3 Å². The van der Waals surface area contributed by atoms with E-state index in [1.54, 1.807) is 0 Å². The lowest BCUT2D eigenvalue weighted by molar-refractivity contribution is 0.00432. The first kappa shape index (κ1) is 61.0. The standard InChI is InChI=1S/C67H100O6/c1-7-10-12-14-16-18-20-22-24-26-28-30-32-36-56-38-34-40-64(50-56)71-53-60(68)52-67(6,9-3)73-63-48-44-59(45-49-63)66(4,5)58-42-46-62(47-43-58)70-54-61(69)55-72-65-41-35-39-57(51-65)37-33-31-29-27-25-23-21-19-17-15-13-11-8-2/h14-17,34-35,38-51,60-61,68-69H,7-13,18-33,36-37,52-55H2,1-6H3/b16-14+,17-15+. The number of hydrogen-bond donors (Lipinski definition) is 2. The highest BCUT2D eigenvalue weighted by Crippen LogP contribution is 2.35. The Hall–Kier alpha value is -4.52. The number of ether oxygens (including phenoxy) is 4. The van der Waals surface area contributed by atoms with E-state index >= 15 is 0 Å². The third-order valence-electron chi connectivity index (χ3n) is 14.5. The highest BCUT2D eigenvalue weighted by Gasteiger charge is 2.29. The molecule has 0 heterocycles. The van der Waals surface area contributed by atoms with Gasteiger partial charge in [0.2, 0.25) is 0 Å². The molecule has 0 fully saturated rings.